The van der Waals surface area contributed by atoms with E-state index in [1.54, 1.807) is 92.6 Å². The molecule has 0 bridgehead atoms. The summed E-state index contributed by atoms with van der Waals surface area (Å²) in [6.07, 6.45) is 6.25. The van der Waals surface area contributed by atoms with Gasteiger partial charge in [-0.05, 0) is 115 Å². The number of likely N-dealkylation sites (tertiary alicyclic amines) is 2. The summed E-state index contributed by atoms with van der Waals surface area (Å²) in [6, 6.07) is 12.5. The zero-order valence-electron chi connectivity index (χ0n) is 66.3. The van der Waals surface area contributed by atoms with Gasteiger partial charge in [0.05, 0.1) is 25.3 Å². The Balaban J connectivity index is 0.000000381. The molecule has 8 amide bonds. The van der Waals surface area contributed by atoms with E-state index in [-0.39, 0.29) is 134 Å². The Morgan fingerprint density at radius 2 is 0.868 bits per heavy atom. The van der Waals surface area contributed by atoms with Gasteiger partial charge in [0.15, 0.2) is 23.1 Å². The largest absolute Gasteiger partial charge is 0.449 e. The summed E-state index contributed by atoms with van der Waals surface area (Å²) >= 11 is 0. The van der Waals surface area contributed by atoms with Crippen LogP contribution in [-0.4, -0.2) is 186 Å². The Labute approximate surface area is 629 Å². The first-order valence-corrected chi connectivity index (χ1v) is 38.7. The van der Waals surface area contributed by atoms with Crippen molar-refractivity contribution in [2.75, 3.05) is 54.5 Å². The van der Waals surface area contributed by atoms with Crippen molar-refractivity contribution in [2.45, 2.75) is 254 Å². The number of benzene rings is 2. The minimum Gasteiger partial charge on any atom is -0.449 e. The van der Waals surface area contributed by atoms with Gasteiger partial charge in [0.1, 0.15) is 30.3 Å². The number of aliphatic hydroxyl groups excluding tert-OH is 1. The molecule has 5 N–H and O–H groups in total. The Bertz CT molecular complexity index is 3290. The van der Waals surface area contributed by atoms with Crippen molar-refractivity contribution in [3.05, 3.63) is 71.8 Å². The van der Waals surface area contributed by atoms with Gasteiger partial charge in [0, 0.05) is 85.7 Å². The molecule has 4 aliphatic rings. The number of carbonyl (C=O) groups excluding carboxylic acids is 13. The second-order valence-electron chi connectivity index (χ2n) is 33.8. The van der Waals surface area contributed by atoms with Gasteiger partial charge in [0.2, 0.25) is 41.2 Å². The van der Waals surface area contributed by atoms with Crippen LogP contribution in [0.2, 0.25) is 0 Å². The van der Waals surface area contributed by atoms with Crippen LogP contribution in [0.5, 0.6) is 0 Å². The van der Waals surface area contributed by atoms with Gasteiger partial charge in [-0.2, -0.15) is 0 Å². The Morgan fingerprint density at radius 1 is 0.491 bits per heavy atom. The zero-order valence-corrected chi connectivity index (χ0v) is 66.3. The molecular weight excluding hydrogens is 1350 g/mol. The number of nitrogens with zero attached hydrogens (tertiary/aromatic N) is 4. The van der Waals surface area contributed by atoms with Crippen LogP contribution in [0.25, 0.3) is 0 Å². The van der Waals surface area contributed by atoms with Crippen molar-refractivity contribution in [1.82, 2.24) is 40.9 Å². The number of Topliss-reactive ketones (excluding diaryl/α,β-unsaturated/α-hetero) is 5. The number of hydrogen-bond donors (Lipinski definition) is 5. The molecule has 2 aromatic rings. The fraction of sp³-hybridized carbons (Fsp3) is 0.695. The molecule has 590 valence electrons. The van der Waals surface area contributed by atoms with Gasteiger partial charge < -0.3 is 55.4 Å². The monoisotopic (exact) mass is 1480 g/mol. The number of likely N-dealkylation sites (N-methyl/N-ethyl adjacent to an activating group) is 2. The van der Waals surface area contributed by atoms with Crippen molar-refractivity contribution >= 4 is 76.5 Å². The molecule has 0 spiro atoms. The minimum atomic E-state index is -1.49. The summed E-state index contributed by atoms with van der Waals surface area (Å²) in [6.45, 7) is 24.5. The topological polar surface area (TPSA) is 322 Å². The van der Waals surface area contributed by atoms with Crippen LogP contribution in [0.3, 0.4) is 0 Å². The van der Waals surface area contributed by atoms with E-state index in [0.717, 1.165) is 64.2 Å². The van der Waals surface area contributed by atoms with Crippen molar-refractivity contribution in [3.63, 3.8) is 0 Å². The summed E-state index contributed by atoms with van der Waals surface area (Å²) in [5.41, 5.74) is 0.437. The van der Waals surface area contributed by atoms with Crippen LogP contribution < -0.4 is 21.3 Å². The van der Waals surface area contributed by atoms with E-state index in [1.165, 1.54) is 9.80 Å². The molecule has 2 aromatic carbocycles. The summed E-state index contributed by atoms with van der Waals surface area (Å²) in [5, 5.41) is 22.5. The molecular formula is C82H126N8O16. The van der Waals surface area contributed by atoms with Gasteiger partial charge in [-0.25, -0.2) is 9.59 Å². The molecule has 3 unspecified atom stereocenters. The first-order valence-electron chi connectivity index (χ1n) is 38.7. The number of carbonyl (C=O) groups is 13. The Hall–Kier alpha value is -7.89. The normalized spacial score (nSPS) is 19.3. The molecule has 2 aliphatic carbocycles. The molecule has 24 heteroatoms. The lowest BCUT2D eigenvalue weighted by molar-refractivity contribution is -0.143. The molecule has 6 rings (SSSR count). The summed E-state index contributed by atoms with van der Waals surface area (Å²) in [7, 11) is 6.36. The molecule has 9 atom stereocenters. The highest BCUT2D eigenvalue weighted by molar-refractivity contribution is 6.38. The van der Waals surface area contributed by atoms with Crippen molar-refractivity contribution in [2.24, 2.45) is 58.2 Å². The van der Waals surface area contributed by atoms with E-state index in [1.807, 2.05) is 89.2 Å². The number of amides is 8. The maximum Gasteiger partial charge on any atom is 0.407 e. The average Bonchev–Trinajstić information content (AvgIpc) is 1.64. The highest BCUT2D eigenvalue weighted by atomic mass is 16.6. The molecule has 2 aliphatic heterocycles. The molecule has 0 radical (unpaired) electrons. The number of aliphatic hydroxyl groups is 1. The molecule has 106 heavy (non-hydrogen) atoms. The van der Waals surface area contributed by atoms with Gasteiger partial charge in [0.25, 0.3) is 0 Å². The highest BCUT2D eigenvalue weighted by Gasteiger charge is 2.50. The van der Waals surface area contributed by atoms with Crippen molar-refractivity contribution < 1.29 is 76.9 Å². The van der Waals surface area contributed by atoms with Crippen molar-refractivity contribution in [3.8, 4) is 0 Å². The van der Waals surface area contributed by atoms with Crippen molar-refractivity contribution in [1.29, 1.82) is 0 Å². The number of hydrogen-bond acceptors (Lipinski definition) is 16. The lowest BCUT2D eigenvalue weighted by Crippen LogP contribution is -2.55. The van der Waals surface area contributed by atoms with Crippen LogP contribution in [0, 0.1) is 58.2 Å². The van der Waals surface area contributed by atoms with Gasteiger partial charge in [-0.15, -0.1) is 0 Å². The first kappa shape index (κ1) is 88.7. The average molecular weight is 1480 g/mol. The fourth-order valence-electron chi connectivity index (χ4n) is 15.1. The molecule has 2 saturated carbocycles. The van der Waals surface area contributed by atoms with E-state index in [4.69, 9.17) is 9.47 Å². The summed E-state index contributed by atoms with van der Waals surface area (Å²) in [4.78, 5) is 181. The number of nitrogens with one attached hydrogen (secondary N) is 4. The van der Waals surface area contributed by atoms with Gasteiger partial charge >= 0.3 is 12.2 Å². The Kier molecular flexibility index (Phi) is 35.2. The minimum absolute atomic E-state index is 0.00832. The smallest absolute Gasteiger partial charge is 0.407 e. The van der Waals surface area contributed by atoms with E-state index in [0.29, 0.717) is 43.5 Å². The van der Waals surface area contributed by atoms with E-state index in [2.05, 4.69) is 21.3 Å². The van der Waals surface area contributed by atoms with Gasteiger partial charge in [-0.3, -0.25) is 52.7 Å². The Morgan fingerprint density at radius 3 is 1.24 bits per heavy atom. The van der Waals surface area contributed by atoms with E-state index < -0.39 is 101 Å². The number of alkyl carbamates (subject to hydrolysis) is 2. The first-order chi connectivity index (χ1) is 49.8. The highest BCUT2D eigenvalue weighted by Crippen LogP contribution is 2.40. The SMILES string of the molecule is CC(C)COC(=O)N[C@H](C(=O)N1CC(C)(C)CC1C(=O)C[C@@H](CC(C)C)C(=O)C(=O)CCC(=O)N[C@H](C(=O)N(C)C)c1ccccc1)C1CCCCC1.CC(C)COC(=O)N[C@H](C(=O)N1CC(C)(C)CC1C(=O)C[C@@H](CC(C)C)C(O)C(=O)CCC(=O)N[C@H](C(=O)N(C)C)c1ccccc1)C1CCCCC1. The maximum absolute atomic E-state index is 14.4. The third-order valence-corrected chi connectivity index (χ3v) is 20.5. The molecule has 2 saturated heterocycles. The fourth-order valence-corrected chi connectivity index (χ4v) is 15.1. The molecule has 2 heterocycles. The van der Waals surface area contributed by atoms with Crippen LogP contribution >= 0.6 is 0 Å². The third-order valence-electron chi connectivity index (χ3n) is 20.5. The predicted molar refractivity (Wildman–Crippen MR) is 404 cm³/mol. The molecule has 24 nitrogen and oxygen atoms in total. The second-order valence-corrected chi connectivity index (χ2v) is 33.8. The maximum atomic E-state index is 14.4. The quantitative estimate of drug-likeness (QED) is 0.0396. The summed E-state index contributed by atoms with van der Waals surface area (Å²) < 4.78 is 10.8. The van der Waals surface area contributed by atoms with Crippen LogP contribution in [0.1, 0.15) is 235 Å². The second kappa shape index (κ2) is 42.0. The molecule has 4 fully saturated rings. The predicted octanol–water partition coefficient (Wildman–Crippen LogP) is 10.7. The van der Waals surface area contributed by atoms with E-state index in [9.17, 15) is 67.4 Å². The number of rotatable bonds is 36. The van der Waals surface area contributed by atoms with E-state index >= 15 is 0 Å². The third kappa shape index (κ3) is 28.0. The summed E-state index contributed by atoms with van der Waals surface area (Å²) in [5.74, 6) is -6.39. The number of ether oxygens (including phenoxy) is 2. The standard InChI is InChI=1S/C41H64N4O8.C41H62N4O8/c2*1-26(2)21-30(37(49)32(46)19-20-34(48)42-35(38(50)44(7)8)28-15-11-9-12-16-28)22-33(47)31-23-41(5,6)25-45(31)39(51)36(29-17-13-10-14-18-29)43-40(52)53-24-27(3)4/h9,11-12,15-16,26-27,29-31,35-37,49H,10,13-14,17-25H2,1-8H3,(H,42,48)(H,43,52);9,11-12,15-16,26-27,29-31,35-36H,10,13-14,17-25H2,1-8H3,(H,42,48)(H,43,52)/t30-,31?,35+,36+,37?;30-,31?,35+,36+/m11/s1. The number of ketones is 5. The zero-order chi connectivity index (χ0) is 78.9. The van der Waals surface area contributed by atoms with Crippen LogP contribution in [0.4, 0.5) is 9.59 Å². The lowest BCUT2D eigenvalue weighted by Gasteiger charge is -2.35. The van der Waals surface area contributed by atoms with Gasteiger partial charge in [-0.1, -0.05) is 182 Å². The van der Waals surface area contributed by atoms with Crippen LogP contribution in [0.15, 0.2) is 60.7 Å². The van der Waals surface area contributed by atoms with Crippen LogP contribution in [-0.2, 0) is 62.2 Å². The molecule has 0 aromatic heterocycles. The lowest BCUT2D eigenvalue weighted by atomic mass is 9.82.